The lowest BCUT2D eigenvalue weighted by Crippen LogP contribution is -2.04. The van der Waals surface area contributed by atoms with Gasteiger partial charge in [-0.05, 0) is 24.3 Å². The highest BCUT2D eigenvalue weighted by atomic mass is 19.1. The molecule has 0 spiro atoms. The molecule has 6 heteroatoms. The maximum absolute atomic E-state index is 13.8. The predicted octanol–water partition coefficient (Wildman–Crippen LogP) is 2.49. The van der Waals surface area contributed by atoms with Crippen LogP contribution in [0.15, 0.2) is 36.4 Å². The molecule has 0 saturated heterocycles. The van der Waals surface area contributed by atoms with Crippen molar-refractivity contribution in [1.29, 1.82) is 10.5 Å². The minimum absolute atomic E-state index is 0.0924. The number of nitriles is 2. The van der Waals surface area contributed by atoms with Gasteiger partial charge >= 0.3 is 0 Å². The van der Waals surface area contributed by atoms with Gasteiger partial charge in [0.2, 0.25) is 5.95 Å². The van der Waals surface area contributed by atoms with E-state index < -0.39 is 5.82 Å². The fourth-order valence-corrected chi connectivity index (χ4v) is 2.27. The zero-order chi connectivity index (χ0) is 15.0. The van der Waals surface area contributed by atoms with Gasteiger partial charge in [-0.25, -0.2) is 9.37 Å². The van der Waals surface area contributed by atoms with Crippen LogP contribution in [0.4, 0.5) is 10.3 Å². The number of anilines is 1. The van der Waals surface area contributed by atoms with E-state index in [1.807, 2.05) is 12.1 Å². The van der Waals surface area contributed by atoms with Crippen LogP contribution in [0.5, 0.6) is 0 Å². The summed E-state index contributed by atoms with van der Waals surface area (Å²) in [5, 5.41) is 18.2. The molecule has 2 N–H and O–H groups in total. The quantitative estimate of drug-likeness (QED) is 0.739. The Kier molecular flexibility index (Phi) is 2.78. The summed E-state index contributed by atoms with van der Waals surface area (Å²) in [7, 11) is 0. The van der Waals surface area contributed by atoms with Crippen molar-refractivity contribution in [3.05, 3.63) is 53.3 Å². The fourth-order valence-electron chi connectivity index (χ4n) is 2.27. The van der Waals surface area contributed by atoms with Crippen LogP contribution in [-0.4, -0.2) is 9.55 Å². The van der Waals surface area contributed by atoms with Gasteiger partial charge in [-0.15, -0.1) is 0 Å². The number of hydrogen-bond donors (Lipinski definition) is 1. The van der Waals surface area contributed by atoms with Gasteiger partial charge < -0.3 is 5.73 Å². The van der Waals surface area contributed by atoms with Crippen LogP contribution in [0, 0.1) is 28.5 Å². The molecule has 100 valence electrons. The highest BCUT2D eigenvalue weighted by Crippen LogP contribution is 2.27. The number of halogens is 1. The Labute approximate surface area is 119 Å². The molecule has 0 aliphatic heterocycles. The summed E-state index contributed by atoms with van der Waals surface area (Å²) in [6, 6.07) is 13.2. The molecule has 0 aliphatic carbocycles. The Morgan fingerprint density at radius 1 is 1.10 bits per heavy atom. The smallest absolute Gasteiger partial charge is 0.206 e. The number of fused-ring (bicyclic) bond motifs is 1. The molecule has 0 radical (unpaired) electrons. The summed E-state index contributed by atoms with van der Waals surface area (Å²) in [6.07, 6.45) is 0. The third-order valence-corrected chi connectivity index (χ3v) is 3.18. The second-order valence-electron chi connectivity index (χ2n) is 4.34. The van der Waals surface area contributed by atoms with Crippen molar-refractivity contribution in [2.45, 2.75) is 0 Å². The van der Waals surface area contributed by atoms with Gasteiger partial charge in [0.05, 0.1) is 16.8 Å². The molecule has 0 fully saturated rings. The molecular formula is C15H8FN5. The molecule has 0 saturated carbocycles. The van der Waals surface area contributed by atoms with Gasteiger partial charge in [0.1, 0.15) is 29.0 Å². The zero-order valence-electron chi connectivity index (χ0n) is 10.7. The number of imidazole rings is 1. The maximum Gasteiger partial charge on any atom is 0.206 e. The molecule has 5 nitrogen and oxygen atoms in total. The highest BCUT2D eigenvalue weighted by molar-refractivity contribution is 5.86. The number of hydrogen-bond acceptors (Lipinski definition) is 4. The van der Waals surface area contributed by atoms with E-state index in [9.17, 15) is 4.39 Å². The SMILES string of the molecule is N#Cc1c(F)cccc1-n1c(N)nc2c(C#N)cccc21. The zero-order valence-corrected chi connectivity index (χ0v) is 10.7. The summed E-state index contributed by atoms with van der Waals surface area (Å²) in [6.45, 7) is 0. The minimum Gasteiger partial charge on any atom is -0.369 e. The molecule has 1 aromatic heterocycles. The summed E-state index contributed by atoms with van der Waals surface area (Å²) in [4.78, 5) is 4.15. The molecule has 21 heavy (non-hydrogen) atoms. The van der Waals surface area contributed by atoms with Crippen molar-refractivity contribution < 1.29 is 4.39 Å². The van der Waals surface area contributed by atoms with Crippen LogP contribution in [0.1, 0.15) is 11.1 Å². The maximum atomic E-state index is 13.8. The van der Waals surface area contributed by atoms with Crippen LogP contribution in [0.25, 0.3) is 16.7 Å². The molecule has 1 heterocycles. The van der Waals surface area contributed by atoms with E-state index in [2.05, 4.69) is 4.98 Å². The van der Waals surface area contributed by atoms with Crippen molar-refractivity contribution in [2.24, 2.45) is 0 Å². The standard InChI is InChI=1S/C15H8FN5/c16-11-4-2-5-12(10(11)8-18)21-13-6-1-3-9(7-17)14(13)20-15(21)19/h1-6H,(H2,19,20). The summed E-state index contributed by atoms with van der Waals surface area (Å²) in [5.41, 5.74) is 7.41. The van der Waals surface area contributed by atoms with Crippen molar-refractivity contribution in [2.75, 3.05) is 5.73 Å². The van der Waals surface area contributed by atoms with E-state index in [1.54, 1.807) is 24.3 Å². The van der Waals surface area contributed by atoms with E-state index in [4.69, 9.17) is 16.3 Å². The highest BCUT2D eigenvalue weighted by Gasteiger charge is 2.17. The lowest BCUT2D eigenvalue weighted by atomic mass is 10.1. The Balaban J connectivity index is 2.43. The average molecular weight is 277 g/mol. The van der Waals surface area contributed by atoms with Gasteiger partial charge in [0.25, 0.3) is 0 Å². The first-order valence-corrected chi connectivity index (χ1v) is 6.03. The summed E-state index contributed by atoms with van der Waals surface area (Å²) >= 11 is 0. The Hall–Kier alpha value is -3.38. The Morgan fingerprint density at radius 3 is 2.57 bits per heavy atom. The predicted molar refractivity (Wildman–Crippen MR) is 74.9 cm³/mol. The minimum atomic E-state index is -0.632. The van der Waals surface area contributed by atoms with E-state index in [0.29, 0.717) is 22.3 Å². The first kappa shape index (κ1) is 12.6. The van der Waals surface area contributed by atoms with Crippen molar-refractivity contribution in [3.8, 4) is 17.8 Å². The van der Waals surface area contributed by atoms with Gasteiger partial charge in [-0.1, -0.05) is 12.1 Å². The van der Waals surface area contributed by atoms with Gasteiger partial charge in [0.15, 0.2) is 0 Å². The molecular weight excluding hydrogens is 269 g/mol. The number of para-hydroxylation sites is 1. The number of rotatable bonds is 1. The number of nitrogen functional groups attached to an aromatic ring is 1. The molecule has 0 unspecified atom stereocenters. The molecule has 0 amide bonds. The van der Waals surface area contributed by atoms with Crippen LogP contribution >= 0.6 is 0 Å². The lowest BCUT2D eigenvalue weighted by molar-refractivity contribution is 0.623. The van der Waals surface area contributed by atoms with Crippen molar-refractivity contribution in [1.82, 2.24) is 9.55 Å². The van der Waals surface area contributed by atoms with Gasteiger partial charge in [0, 0.05) is 0 Å². The second kappa shape index (κ2) is 4.62. The van der Waals surface area contributed by atoms with Crippen molar-refractivity contribution >= 4 is 17.0 Å². The third kappa shape index (κ3) is 1.78. The normalized spacial score (nSPS) is 10.2. The van der Waals surface area contributed by atoms with Crippen LogP contribution in [0.2, 0.25) is 0 Å². The number of nitrogens with two attached hydrogens (primary N) is 1. The van der Waals surface area contributed by atoms with Crippen LogP contribution in [0.3, 0.4) is 0 Å². The summed E-state index contributed by atoms with van der Waals surface area (Å²) < 4.78 is 15.2. The Bertz CT molecular complexity index is 943. The molecule has 3 rings (SSSR count). The van der Waals surface area contributed by atoms with Crippen LogP contribution in [-0.2, 0) is 0 Å². The topological polar surface area (TPSA) is 91.4 Å². The van der Waals surface area contributed by atoms with Crippen LogP contribution < -0.4 is 5.73 Å². The molecule has 0 aliphatic rings. The molecule has 0 atom stereocenters. The Morgan fingerprint density at radius 2 is 1.86 bits per heavy atom. The van der Waals surface area contributed by atoms with E-state index in [-0.39, 0.29) is 11.5 Å². The number of aromatic nitrogens is 2. The number of nitrogens with zero attached hydrogens (tertiary/aromatic N) is 4. The fraction of sp³-hybridized carbons (Fsp3) is 0. The van der Waals surface area contributed by atoms with E-state index in [0.717, 1.165) is 0 Å². The molecule has 2 aromatic carbocycles. The lowest BCUT2D eigenvalue weighted by Gasteiger charge is -2.08. The van der Waals surface area contributed by atoms with Crippen molar-refractivity contribution in [3.63, 3.8) is 0 Å². The molecule has 3 aromatic rings. The van der Waals surface area contributed by atoms with Gasteiger partial charge in [-0.3, -0.25) is 4.57 Å². The van der Waals surface area contributed by atoms with Gasteiger partial charge in [-0.2, -0.15) is 10.5 Å². The average Bonchev–Trinajstić information content (AvgIpc) is 2.82. The molecule has 0 bridgehead atoms. The first-order valence-electron chi connectivity index (χ1n) is 6.03. The largest absolute Gasteiger partial charge is 0.369 e. The second-order valence-corrected chi connectivity index (χ2v) is 4.34. The van der Waals surface area contributed by atoms with E-state index >= 15 is 0 Å². The monoisotopic (exact) mass is 277 g/mol. The number of benzene rings is 2. The first-order chi connectivity index (χ1) is 10.2. The summed E-state index contributed by atoms with van der Waals surface area (Å²) in [5.74, 6) is -0.539. The third-order valence-electron chi connectivity index (χ3n) is 3.18. The van der Waals surface area contributed by atoms with E-state index in [1.165, 1.54) is 16.7 Å².